The molecule has 0 fully saturated rings. The average molecular weight is 240 g/mol. The van der Waals surface area contributed by atoms with E-state index in [1.165, 1.54) is 5.69 Å². The van der Waals surface area contributed by atoms with Crippen molar-refractivity contribution in [3.05, 3.63) is 35.7 Å². The molecule has 1 aliphatic rings. The van der Waals surface area contributed by atoms with Crippen LogP contribution in [0.2, 0.25) is 0 Å². The minimum atomic E-state index is 0.455. The normalized spacial score (nSPS) is 13.9. The van der Waals surface area contributed by atoms with E-state index in [1.807, 2.05) is 19.1 Å². The van der Waals surface area contributed by atoms with E-state index < -0.39 is 0 Å². The first-order chi connectivity index (χ1) is 8.68. The molecule has 1 aromatic heterocycles. The Balaban J connectivity index is 2.24. The Morgan fingerprint density at radius 1 is 1.33 bits per heavy atom. The van der Waals surface area contributed by atoms with Gasteiger partial charge in [-0.15, -0.1) is 0 Å². The third kappa shape index (κ3) is 1.57. The molecule has 0 spiro atoms. The van der Waals surface area contributed by atoms with Gasteiger partial charge in [0.05, 0.1) is 16.9 Å². The van der Waals surface area contributed by atoms with Crippen LogP contribution < -0.4 is 4.90 Å². The predicted molar refractivity (Wildman–Crippen MR) is 70.5 cm³/mol. The Hall–Kier alpha value is -1.95. The van der Waals surface area contributed by atoms with Gasteiger partial charge < -0.3 is 9.42 Å². The van der Waals surface area contributed by atoms with Crippen LogP contribution in [-0.4, -0.2) is 17.7 Å². The maximum Gasteiger partial charge on any atom is 0.146 e. The second-order valence-electron chi connectivity index (χ2n) is 4.98. The van der Waals surface area contributed by atoms with Gasteiger partial charge in [-0.3, -0.25) is 0 Å². The van der Waals surface area contributed by atoms with Crippen LogP contribution in [0.15, 0.2) is 16.7 Å². The topological polar surface area (TPSA) is 29.3 Å². The second kappa shape index (κ2) is 4.06. The van der Waals surface area contributed by atoms with E-state index in [2.05, 4.69) is 36.0 Å². The van der Waals surface area contributed by atoms with E-state index in [0.29, 0.717) is 6.04 Å². The summed E-state index contributed by atoms with van der Waals surface area (Å²) in [5, 5.41) is 4.09. The number of rotatable bonds is 1. The maximum absolute atomic E-state index is 5.45. The number of aromatic nitrogens is 1. The Morgan fingerprint density at radius 3 is 2.89 bits per heavy atom. The van der Waals surface area contributed by atoms with Crippen LogP contribution in [0.25, 0.3) is 11.1 Å². The van der Waals surface area contributed by atoms with Gasteiger partial charge in [-0.05, 0) is 26.8 Å². The Kier molecular flexibility index (Phi) is 2.52. The number of nitrogens with zero attached hydrogens (tertiary/aromatic N) is 2. The lowest BCUT2D eigenvalue weighted by Gasteiger charge is -2.28. The highest BCUT2D eigenvalue weighted by molar-refractivity contribution is 5.81. The zero-order valence-electron chi connectivity index (χ0n) is 10.9. The first-order valence-electron chi connectivity index (χ1n) is 6.32. The lowest BCUT2D eigenvalue weighted by atomic mass is 10.0. The monoisotopic (exact) mass is 240 g/mol. The number of anilines is 1. The molecular weight excluding hydrogens is 224 g/mol. The largest absolute Gasteiger partial charge is 0.368 e. The Bertz CT molecular complexity index is 572. The van der Waals surface area contributed by atoms with Crippen molar-refractivity contribution in [2.24, 2.45) is 0 Å². The Labute approximate surface area is 107 Å². The molecule has 0 saturated heterocycles. The number of hydrogen-bond acceptors (Lipinski definition) is 3. The first-order valence-corrected chi connectivity index (χ1v) is 6.32. The Morgan fingerprint density at radius 2 is 2.11 bits per heavy atom. The van der Waals surface area contributed by atoms with Gasteiger partial charge in [-0.1, -0.05) is 17.3 Å². The third-order valence-corrected chi connectivity index (χ3v) is 3.50. The fourth-order valence-corrected chi connectivity index (χ4v) is 2.62. The molecule has 0 amide bonds. The quantitative estimate of drug-likeness (QED) is 0.767. The molecule has 0 unspecified atom stereocenters. The smallest absolute Gasteiger partial charge is 0.146 e. The van der Waals surface area contributed by atoms with Gasteiger partial charge in [0.25, 0.3) is 0 Å². The van der Waals surface area contributed by atoms with E-state index in [9.17, 15) is 0 Å². The summed E-state index contributed by atoms with van der Waals surface area (Å²) in [5.41, 5.74) is 4.46. The van der Waals surface area contributed by atoms with Crippen LogP contribution in [0.1, 0.15) is 25.3 Å². The summed E-state index contributed by atoms with van der Waals surface area (Å²) in [5.74, 6) is 0.983. The summed E-state index contributed by atoms with van der Waals surface area (Å²) in [4.78, 5) is 2.38. The summed E-state index contributed by atoms with van der Waals surface area (Å²) >= 11 is 0. The molecule has 3 rings (SSSR count). The van der Waals surface area contributed by atoms with Crippen LogP contribution in [0.3, 0.4) is 0 Å². The molecule has 3 heteroatoms. The molecule has 0 bridgehead atoms. The highest BCUT2D eigenvalue weighted by Gasteiger charge is 2.25. The molecule has 1 aromatic carbocycles. The first kappa shape index (κ1) is 11.2. The zero-order valence-corrected chi connectivity index (χ0v) is 10.9. The van der Waals surface area contributed by atoms with Crippen LogP contribution in [-0.2, 0) is 6.42 Å². The highest BCUT2D eigenvalue weighted by Crippen LogP contribution is 2.38. The van der Waals surface area contributed by atoms with Crippen molar-refractivity contribution in [2.45, 2.75) is 33.2 Å². The van der Waals surface area contributed by atoms with Gasteiger partial charge in [0, 0.05) is 30.6 Å². The van der Waals surface area contributed by atoms with Gasteiger partial charge in [-0.25, -0.2) is 0 Å². The summed E-state index contributed by atoms with van der Waals surface area (Å²) in [6.07, 6.45) is 0.892. The molecule has 1 aliphatic heterocycles. The predicted octanol–water partition coefficient (Wildman–Crippen LogP) is 3.02. The van der Waals surface area contributed by atoms with Crippen LogP contribution in [0, 0.1) is 19.1 Å². The third-order valence-electron chi connectivity index (χ3n) is 3.50. The standard InChI is InChI=1S/C15H16N2O/c1-10(2)17-9-8-14-15(11(3)16-18-14)12-6-4-5-7-13(12)17/h6-7,10H,8-9H2,1-3H3. The molecule has 3 nitrogen and oxygen atoms in total. The van der Waals surface area contributed by atoms with Crippen molar-refractivity contribution in [1.29, 1.82) is 0 Å². The van der Waals surface area contributed by atoms with Crippen LogP contribution in [0.4, 0.5) is 5.69 Å². The van der Waals surface area contributed by atoms with E-state index in [-0.39, 0.29) is 0 Å². The molecule has 2 aromatic rings. The molecule has 18 heavy (non-hydrogen) atoms. The van der Waals surface area contributed by atoms with Crippen molar-refractivity contribution in [3.63, 3.8) is 0 Å². The fourth-order valence-electron chi connectivity index (χ4n) is 2.62. The van der Waals surface area contributed by atoms with Gasteiger partial charge in [0.15, 0.2) is 0 Å². The fraction of sp³-hybridized carbons (Fsp3) is 0.400. The van der Waals surface area contributed by atoms with E-state index in [1.54, 1.807) is 0 Å². The number of hydrogen-bond donors (Lipinski definition) is 0. The van der Waals surface area contributed by atoms with Crippen LogP contribution >= 0.6 is 0 Å². The van der Waals surface area contributed by atoms with Crippen LogP contribution in [0.5, 0.6) is 0 Å². The SMILES string of the molecule is Cc1noc2c1-c1cc#ccc1N(C(C)C)CC2. The van der Waals surface area contributed by atoms with Crippen molar-refractivity contribution >= 4 is 5.69 Å². The molecular formula is C15H16N2O. The molecule has 0 atom stereocenters. The van der Waals surface area contributed by atoms with Crippen molar-refractivity contribution in [2.75, 3.05) is 11.4 Å². The van der Waals surface area contributed by atoms with E-state index in [4.69, 9.17) is 4.52 Å². The summed E-state index contributed by atoms with van der Waals surface area (Å²) < 4.78 is 5.45. The van der Waals surface area contributed by atoms with Gasteiger partial charge in [0.1, 0.15) is 5.76 Å². The van der Waals surface area contributed by atoms with Crippen molar-refractivity contribution in [1.82, 2.24) is 5.16 Å². The number of fused-ring (bicyclic) bond motifs is 3. The summed E-state index contributed by atoms with van der Waals surface area (Å²) in [6.45, 7) is 7.36. The van der Waals surface area contributed by atoms with Gasteiger partial charge in [0.2, 0.25) is 0 Å². The maximum atomic E-state index is 5.45. The number of aryl methyl sites for hydroxylation is 1. The van der Waals surface area contributed by atoms with Crippen molar-refractivity contribution in [3.8, 4) is 11.1 Å². The molecule has 0 radical (unpaired) electrons. The van der Waals surface area contributed by atoms with E-state index in [0.717, 1.165) is 35.5 Å². The van der Waals surface area contributed by atoms with E-state index >= 15 is 0 Å². The molecule has 92 valence electrons. The zero-order chi connectivity index (χ0) is 12.7. The molecule has 2 heterocycles. The minimum Gasteiger partial charge on any atom is -0.368 e. The minimum absolute atomic E-state index is 0.455. The molecule has 0 saturated carbocycles. The van der Waals surface area contributed by atoms with Crippen molar-refractivity contribution < 1.29 is 4.52 Å². The van der Waals surface area contributed by atoms with Gasteiger partial charge >= 0.3 is 0 Å². The molecule has 0 N–H and O–H groups in total. The second-order valence-corrected chi connectivity index (χ2v) is 4.98. The lowest BCUT2D eigenvalue weighted by Crippen LogP contribution is -2.32. The molecule has 0 aliphatic carbocycles. The lowest BCUT2D eigenvalue weighted by molar-refractivity contribution is 0.380. The average Bonchev–Trinajstić information content (AvgIpc) is 2.63. The van der Waals surface area contributed by atoms with Gasteiger partial charge in [-0.2, -0.15) is 0 Å². The summed E-state index contributed by atoms with van der Waals surface area (Å²) in [7, 11) is 0. The summed E-state index contributed by atoms with van der Waals surface area (Å²) in [6, 6.07) is 10.6. The highest BCUT2D eigenvalue weighted by atomic mass is 16.5.